The van der Waals surface area contributed by atoms with Crippen LogP contribution >= 0.6 is 0 Å². The molecule has 1 rings (SSSR count). The van der Waals surface area contributed by atoms with Crippen LogP contribution in [0.25, 0.3) is 0 Å². The van der Waals surface area contributed by atoms with E-state index in [0.29, 0.717) is 13.0 Å². The third-order valence-electron chi connectivity index (χ3n) is 1.67. The van der Waals surface area contributed by atoms with Gasteiger partial charge in [0.15, 0.2) is 5.78 Å². The van der Waals surface area contributed by atoms with Crippen LogP contribution in [0.15, 0.2) is 0 Å². The first-order chi connectivity index (χ1) is 4.83. The Kier molecular flexibility index (Phi) is 1.81. The molecule has 0 bridgehead atoms. The van der Waals surface area contributed by atoms with Crippen molar-refractivity contribution < 1.29 is 9.53 Å². The van der Waals surface area contributed by atoms with Gasteiger partial charge in [0, 0.05) is 6.42 Å². The molecule has 0 amide bonds. The van der Waals surface area contributed by atoms with E-state index in [0.717, 1.165) is 0 Å². The van der Waals surface area contributed by atoms with Gasteiger partial charge < -0.3 is 10.5 Å². The number of ether oxygens (including phenoxy) is 1. The van der Waals surface area contributed by atoms with Crippen molar-refractivity contribution in [1.29, 1.82) is 0 Å². The molecule has 0 spiro atoms. The SMILES string of the molecule is CC(C)(C)OCC1(N)CC1=O. The molecule has 1 aliphatic rings. The van der Waals surface area contributed by atoms with Crippen LogP contribution in [0.3, 0.4) is 0 Å². The van der Waals surface area contributed by atoms with Crippen molar-refractivity contribution in [2.75, 3.05) is 6.61 Å². The molecule has 3 nitrogen and oxygen atoms in total. The van der Waals surface area contributed by atoms with Gasteiger partial charge in [-0.25, -0.2) is 0 Å². The predicted octanol–water partition coefficient (Wildman–Crippen LogP) is 0.472. The molecule has 0 heterocycles. The van der Waals surface area contributed by atoms with E-state index in [1.54, 1.807) is 0 Å². The summed E-state index contributed by atoms with van der Waals surface area (Å²) in [5.41, 5.74) is 4.78. The lowest BCUT2D eigenvalue weighted by molar-refractivity contribution is -0.113. The molecule has 2 N–H and O–H groups in total. The van der Waals surface area contributed by atoms with E-state index in [2.05, 4.69) is 0 Å². The average molecular weight is 157 g/mol. The topological polar surface area (TPSA) is 52.3 Å². The molecule has 1 unspecified atom stereocenters. The first kappa shape index (κ1) is 8.68. The highest BCUT2D eigenvalue weighted by Crippen LogP contribution is 2.28. The zero-order valence-corrected chi connectivity index (χ0v) is 7.31. The van der Waals surface area contributed by atoms with Gasteiger partial charge in [0.2, 0.25) is 0 Å². The van der Waals surface area contributed by atoms with Crippen LogP contribution in [0.4, 0.5) is 0 Å². The van der Waals surface area contributed by atoms with E-state index >= 15 is 0 Å². The molecule has 1 fully saturated rings. The van der Waals surface area contributed by atoms with Crippen molar-refractivity contribution in [3.05, 3.63) is 0 Å². The molecule has 3 heteroatoms. The second kappa shape index (κ2) is 2.29. The zero-order valence-electron chi connectivity index (χ0n) is 7.31. The minimum absolute atomic E-state index is 0.113. The molecule has 1 saturated carbocycles. The summed E-state index contributed by atoms with van der Waals surface area (Å²) in [6, 6.07) is 0. The first-order valence-electron chi connectivity index (χ1n) is 3.80. The van der Waals surface area contributed by atoms with Gasteiger partial charge >= 0.3 is 0 Å². The Balaban J connectivity index is 2.29. The Morgan fingerprint density at radius 2 is 2.09 bits per heavy atom. The molecular formula is C8H15NO2. The Hall–Kier alpha value is -0.410. The van der Waals surface area contributed by atoms with Crippen LogP contribution in [0.1, 0.15) is 27.2 Å². The Bertz CT molecular complexity index is 183. The normalized spacial score (nSPS) is 30.7. The van der Waals surface area contributed by atoms with Crippen molar-refractivity contribution in [1.82, 2.24) is 0 Å². The lowest BCUT2D eigenvalue weighted by atomic mass is 10.2. The van der Waals surface area contributed by atoms with Crippen LogP contribution in [-0.2, 0) is 9.53 Å². The minimum Gasteiger partial charge on any atom is -0.373 e. The second-order valence-electron chi connectivity index (χ2n) is 4.16. The van der Waals surface area contributed by atoms with E-state index < -0.39 is 5.54 Å². The molecule has 0 aromatic carbocycles. The van der Waals surface area contributed by atoms with E-state index in [9.17, 15) is 4.79 Å². The highest BCUT2D eigenvalue weighted by Gasteiger charge is 2.50. The summed E-state index contributed by atoms with van der Waals surface area (Å²) in [5, 5.41) is 0. The van der Waals surface area contributed by atoms with E-state index in [1.165, 1.54) is 0 Å². The Morgan fingerprint density at radius 3 is 2.36 bits per heavy atom. The van der Waals surface area contributed by atoms with Gasteiger partial charge in [-0.1, -0.05) is 0 Å². The maximum absolute atomic E-state index is 10.7. The van der Waals surface area contributed by atoms with Crippen molar-refractivity contribution in [2.45, 2.75) is 38.3 Å². The van der Waals surface area contributed by atoms with Crippen LogP contribution in [0.2, 0.25) is 0 Å². The minimum atomic E-state index is -0.646. The highest BCUT2D eigenvalue weighted by atomic mass is 16.5. The summed E-state index contributed by atoms with van der Waals surface area (Å²) in [6.07, 6.45) is 0.475. The molecule has 0 saturated heterocycles. The fourth-order valence-electron chi connectivity index (χ4n) is 0.719. The largest absolute Gasteiger partial charge is 0.373 e. The fraction of sp³-hybridized carbons (Fsp3) is 0.875. The molecular weight excluding hydrogens is 142 g/mol. The third-order valence-corrected chi connectivity index (χ3v) is 1.67. The van der Waals surface area contributed by atoms with Crippen molar-refractivity contribution >= 4 is 5.78 Å². The van der Waals surface area contributed by atoms with Gasteiger partial charge in [-0.15, -0.1) is 0 Å². The molecule has 0 aromatic heterocycles. The highest BCUT2D eigenvalue weighted by molar-refractivity contribution is 6.05. The number of ketones is 1. The maximum Gasteiger partial charge on any atom is 0.157 e. The van der Waals surface area contributed by atoms with Gasteiger partial charge in [-0.3, -0.25) is 4.79 Å². The first-order valence-corrected chi connectivity index (χ1v) is 3.80. The number of carbonyl (C=O) groups is 1. The smallest absolute Gasteiger partial charge is 0.157 e. The summed E-state index contributed by atoms with van der Waals surface area (Å²) in [5.74, 6) is 0.113. The lowest BCUT2D eigenvalue weighted by Crippen LogP contribution is -2.35. The molecule has 0 aromatic rings. The third kappa shape index (κ3) is 2.27. The van der Waals surface area contributed by atoms with Gasteiger partial charge in [0.05, 0.1) is 12.2 Å². The lowest BCUT2D eigenvalue weighted by Gasteiger charge is -2.21. The monoisotopic (exact) mass is 157 g/mol. The van der Waals surface area contributed by atoms with Gasteiger partial charge in [0.25, 0.3) is 0 Å². The van der Waals surface area contributed by atoms with E-state index in [4.69, 9.17) is 10.5 Å². The Labute approximate surface area is 66.9 Å². The predicted molar refractivity (Wildman–Crippen MR) is 42.2 cm³/mol. The summed E-state index contributed by atoms with van der Waals surface area (Å²) in [6.45, 7) is 6.20. The number of Topliss-reactive ketones (excluding diaryl/α,β-unsaturated/α-hetero) is 1. The molecule has 1 atom stereocenters. The summed E-state index contributed by atoms with van der Waals surface area (Å²) in [4.78, 5) is 10.7. The van der Waals surface area contributed by atoms with Crippen molar-refractivity contribution in [3.63, 3.8) is 0 Å². The van der Waals surface area contributed by atoms with Crippen LogP contribution in [0.5, 0.6) is 0 Å². The second-order valence-corrected chi connectivity index (χ2v) is 4.16. The quantitative estimate of drug-likeness (QED) is 0.634. The number of nitrogens with two attached hydrogens (primary N) is 1. The number of hydrogen-bond acceptors (Lipinski definition) is 3. The molecule has 0 radical (unpaired) electrons. The van der Waals surface area contributed by atoms with Gasteiger partial charge in [-0.2, -0.15) is 0 Å². The van der Waals surface area contributed by atoms with Crippen LogP contribution in [0, 0.1) is 0 Å². The zero-order chi connectivity index (χ0) is 8.70. The number of hydrogen-bond donors (Lipinski definition) is 1. The number of carbonyl (C=O) groups excluding carboxylic acids is 1. The summed E-state index contributed by atoms with van der Waals surface area (Å²) in [7, 11) is 0. The van der Waals surface area contributed by atoms with Gasteiger partial charge in [0.1, 0.15) is 5.54 Å². The van der Waals surface area contributed by atoms with Gasteiger partial charge in [-0.05, 0) is 20.8 Å². The summed E-state index contributed by atoms with van der Waals surface area (Å²) < 4.78 is 5.38. The Morgan fingerprint density at radius 1 is 1.64 bits per heavy atom. The van der Waals surface area contributed by atoms with E-state index in [-0.39, 0.29) is 11.4 Å². The average Bonchev–Trinajstić information content (AvgIpc) is 2.36. The fourth-order valence-corrected chi connectivity index (χ4v) is 0.719. The van der Waals surface area contributed by atoms with Crippen LogP contribution < -0.4 is 5.73 Å². The van der Waals surface area contributed by atoms with Crippen molar-refractivity contribution in [3.8, 4) is 0 Å². The standard InChI is InChI=1S/C8H15NO2/c1-7(2,3)11-5-8(9)4-6(8)10/h4-5,9H2,1-3H3. The number of rotatable bonds is 2. The molecule has 0 aliphatic heterocycles. The molecule has 1 aliphatic carbocycles. The molecule has 64 valence electrons. The molecule has 11 heavy (non-hydrogen) atoms. The summed E-state index contributed by atoms with van der Waals surface area (Å²) >= 11 is 0. The van der Waals surface area contributed by atoms with Crippen LogP contribution in [-0.4, -0.2) is 23.5 Å². The van der Waals surface area contributed by atoms with Crippen molar-refractivity contribution in [2.24, 2.45) is 5.73 Å². The maximum atomic E-state index is 10.7. The van der Waals surface area contributed by atoms with E-state index in [1.807, 2.05) is 20.8 Å².